The van der Waals surface area contributed by atoms with Gasteiger partial charge in [-0.3, -0.25) is 0 Å². The van der Waals surface area contributed by atoms with E-state index in [-0.39, 0.29) is 29.6 Å². The second kappa shape index (κ2) is 6.18. The number of rotatable bonds is 4. The number of carbonyl (C=O) groups excluding carboxylic acids is 2. The van der Waals surface area contributed by atoms with Crippen LogP contribution in [0.1, 0.15) is 19.8 Å². The van der Waals surface area contributed by atoms with Crippen molar-refractivity contribution in [3.8, 4) is 0 Å². The Morgan fingerprint density at radius 3 is 2.09 bits per heavy atom. The smallest absolute Gasteiger partial charge is 0.550 e. The van der Waals surface area contributed by atoms with Gasteiger partial charge in [-0.15, -0.1) is 0 Å². The zero-order valence-electron chi connectivity index (χ0n) is 5.96. The van der Waals surface area contributed by atoms with Gasteiger partial charge < -0.3 is 19.8 Å². The van der Waals surface area contributed by atoms with Gasteiger partial charge in [0, 0.05) is 11.9 Å². The summed E-state index contributed by atoms with van der Waals surface area (Å²) in [6.45, 7) is 1.40. The molecule has 4 nitrogen and oxygen atoms in total. The van der Waals surface area contributed by atoms with E-state index in [9.17, 15) is 19.8 Å². The second-order valence-electron chi connectivity index (χ2n) is 2.13. The molecule has 1 radical (unpaired) electrons. The van der Waals surface area contributed by atoms with Gasteiger partial charge in [-0.05, 0) is 18.8 Å². The van der Waals surface area contributed by atoms with Gasteiger partial charge in [-0.2, -0.15) is 0 Å². The number of carboxylic acid groups (broad SMARTS) is 2. The molecule has 0 rings (SSSR count). The van der Waals surface area contributed by atoms with Gasteiger partial charge in [0.15, 0.2) is 0 Å². The van der Waals surface area contributed by atoms with E-state index < -0.39 is 17.9 Å². The van der Waals surface area contributed by atoms with Gasteiger partial charge in [0.05, 0.1) is 0 Å². The standard InChI is InChI=1S/C6H10O4.Co/c1-4(6(9)10)2-3-5(7)8;/h4H,2-3H2,1H3,(H,7,8)(H,9,10);/q;+2/p-2. The van der Waals surface area contributed by atoms with Crippen molar-refractivity contribution in [1.29, 1.82) is 0 Å². The minimum atomic E-state index is -1.23. The van der Waals surface area contributed by atoms with Crippen molar-refractivity contribution in [2.75, 3.05) is 0 Å². The van der Waals surface area contributed by atoms with Crippen LogP contribution in [-0.4, -0.2) is 11.9 Å². The Hall–Kier alpha value is -0.554. The van der Waals surface area contributed by atoms with Crippen LogP contribution in [0.25, 0.3) is 0 Å². The normalized spacial score (nSPS) is 11.4. The van der Waals surface area contributed by atoms with Crippen molar-refractivity contribution in [3.05, 3.63) is 0 Å². The summed E-state index contributed by atoms with van der Waals surface area (Å²) in [5.41, 5.74) is 0. The summed E-state index contributed by atoms with van der Waals surface area (Å²) in [5, 5.41) is 19.8. The van der Waals surface area contributed by atoms with E-state index in [0.29, 0.717) is 0 Å². The monoisotopic (exact) mass is 203 g/mol. The molecule has 0 aliphatic heterocycles. The molecular weight excluding hydrogens is 195 g/mol. The number of hydrogen-bond donors (Lipinski definition) is 0. The third-order valence-electron chi connectivity index (χ3n) is 1.18. The fourth-order valence-electron chi connectivity index (χ4n) is 0.452. The Morgan fingerprint density at radius 2 is 1.82 bits per heavy atom. The van der Waals surface area contributed by atoms with Crippen molar-refractivity contribution < 1.29 is 36.6 Å². The van der Waals surface area contributed by atoms with E-state index in [4.69, 9.17) is 0 Å². The Balaban J connectivity index is 0. The zero-order valence-corrected chi connectivity index (χ0v) is 7.00. The molecule has 0 aromatic rings. The SMILES string of the molecule is CC(CCC(=O)[O-])C(=O)[O-].[Co+2]. The molecule has 0 saturated carbocycles. The first-order chi connectivity index (χ1) is 4.54. The van der Waals surface area contributed by atoms with Crippen molar-refractivity contribution in [1.82, 2.24) is 0 Å². The maximum Gasteiger partial charge on any atom is 2.00 e. The van der Waals surface area contributed by atoms with Crippen LogP contribution >= 0.6 is 0 Å². The molecular formula is C6H8CoO4. The molecule has 0 spiro atoms. The van der Waals surface area contributed by atoms with Gasteiger partial charge in [-0.25, -0.2) is 0 Å². The molecule has 0 aliphatic rings. The quantitative estimate of drug-likeness (QED) is 0.524. The Labute approximate surface area is 74.8 Å². The summed E-state index contributed by atoms with van der Waals surface area (Å²) in [6.07, 6.45) is -0.153. The summed E-state index contributed by atoms with van der Waals surface area (Å²) < 4.78 is 0. The summed E-state index contributed by atoms with van der Waals surface area (Å²) in [6, 6.07) is 0. The van der Waals surface area contributed by atoms with Crippen LogP contribution in [0.5, 0.6) is 0 Å². The Morgan fingerprint density at radius 1 is 1.36 bits per heavy atom. The van der Waals surface area contributed by atoms with E-state index in [0.717, 1.165) is 0 Å². The number of aliphatic carboxylic acids is 2. The van der Waals surface area contributed by atoms with Crippen molar-refractivity contribution in [2.24, 2.45) is 5.92 Å². The first kappa shape index (κ1) is 13.1. The minimum absolute atomic E-state index is 0. The Bertz CT molecular complexity index is 146. The molecule has 0 heterocycles. The zero-order chi connectivity index (χ0) is 8.15. The molecule has 0 saturated heterocycles. The van der Waals surface area contributed by atoms with Crippen LogP contribution < -0.4 is 10.2 Å². The van der Waals surface area contributed by atoms with Crippen LogP contribution in [0.2, 0.25) is 0 Å². The van der Waals surface area contributed by atoms with Crippen LogP contribution in [0.15, 0.2) is 0 Å². The average Bonchev–Trinajstić information content (AvgIpc) is 1.82. The van der Waals surface area contributed by atoms with E-state index in [2.05, 4.69) is 0 Å². The van der Waals surface area contributed by atoms with Crippen molar-refractivity contribution in [2.45, 2.75) is 19.8 Å². The number of hydrogen-bond acceptors (Lipinski definition) is 4. The van der Waals surface area contributed by atoms with Gasteiger partial charge in [0.1, 0.15) is 0 Å². The van der Waals surface area contributed by atoms with E-state index in [1.165, 1.54) is 6.92 Å². The molecule has 65 valence electrons. The molecule has 1 atom stereocenters. The first-order valence-corrected chi connectivity index (χ1v) is 2.94. The fraction of sp³-hybridized carbons (Fsp3) is 0.667. The third kappa shape index (κ3) is 7.34. The average molecular weight is 203 g/mol. The summed E-state index contributed by atoms with van der Waals surface area (Å²) in [5.74, 6) is -3.16. The Kier molecular flexibility index (Phi) is 7.34. The summed E-state index contributed by atoms with van der Waals surface area (Å²) in [7, 11) is 0. The summed E-state index contributed by atoms with van der Waals surface area (Å²) >= 11 is 0. The molecule has 0 bridgehead atoms. The van der Waals surface area contributed by atoms with Gasteiger partial charge in [0.25, 0.3) is 0 Å². The molecule has 0 aliphatic carbocycles. The number of carboxylic acids is 2. The predicted octanol–water partition coefficient (Wildman–Crippen LogP) is -2.10. The molecule has 0 fully saturated rings. The van der Waals surface area contributed by atoms with Crippen LogP contribution in [0, 0.1) is 5.92 Å². The summed E-state index contributed by atoms with van der Waals surface area (Å²) in [4.78, 5) is 19.8. The molecule has 0 N–H and O–H groups in total. The fourth-order valence-corrected chi connectivity index (χ4v) is 0.452. The van der Waals surface area contributed by atoms with Crippen LogP contribution in [-0.2, 0) is 26.4 Å². The van der Waals surface area contributed by atoms with Crippen LogP contribution in [0.3, 0.4) is 0 Å². The number of carbonyl (C=O) groups is 2. The molecule has 0 aromatic heterocycles. The van der Waals surface area contributed by atoms with E-state index in [1.807, 2.05) is 0 Å². The van der Waals surface area contributed by atoms with E-state index >= 15 is 0 Å². The van der Waals surface area contributed by atoms with Gasteiger partial charge in [0.2, 0.25) is 0 Å². The molecule has 0 aromatic carbocycles. The maximum absolute atomic E-state index is 9.99. The molecule has 0 amide bonds. The van der Waals surface area contributed by atoms with Crippen LogP contribution in [0.4, 0.5) is 0 Å². The maximum atomic E-state index is 9.99. The third-order valence-corrected chi connectivity index (χ3v) is 1.18. The van der Waals surface area contributed by atoms with Crippen molar-refractivity contribution in [3.63, 3.8) is 0 Å². The van der Waals surface area contributed by atoms with E-state index in [1.54, 1.807) is 0 Å². The van der Waals surface area contributed by atoms with Gasteiger partial charge >= 0.3 is 16.8 Å². The predicted molar refractivity (Wildman–Crippen MR) is 28.4 cm³/mol. The largest absolute Gasteiger partial charge is 2.00 e. The van der Waals surface area contributed by atoms with Gasteiger partial charge in [-0.1, -0.05) is 6.92 Å². The topological polar surface area (TPSA) is 80.3 Å². The molecule has 5 heteroatoms. The first-order valence-electron chi connectivity index (χ1n) is 2.94. The van der Waals surface area contributed by atoms with Crippen molar-refractivity contribution >= 4 is 11.9 Å². The molecule has 11 heavy (non-hydrogen) atoms. The minimum Gasteiger partial charge on any atom is -0.550 e. The molecule has 1 unspecified atom stereocenters. The second-order valence-corrected chi connectivity index (χ2v) is 2.13.